The maximum absolute atomic E-state index is 13.2. The van der Waals surface area contributed by atoms with Gasteiger partial charge in [0.1, 0.15) is 5.78 Å². The molecule has 0 amide bonds. The Kier molecular flexibility index (Phi) is 7.37. The molecular formula is C27H50O3Si2. The molecule has 1 heterocycles. The van der Waals surface area contributed by atoms with Crippen LogP contribution in [0.25, 0.3) is 0 Å². The van der Waals surface area contributed by atoms with Gasteiger partial charge in [-0.05, 0) is 53.9 Å². The summed E-state index contributed by atoms with van der Waals surface area (Å²) in [6.45, 7) is 23.5. The van der Waals surface area contributed by atoms with Crippen LogP contribution in [0.4, 0.5) is 0 Å². The van der Waals surface area contributed by atoms with Crippen LogP contribution in [0.2, 0.25) is 36.3 Å². The minimum atomic E-state index is -1.97. The fourth-order valence-corrected chi connectivity index (χ4v) is 8.93. The van der Waals surface area contributed by atoms with Gasteiger partial charge in [-0.15, -0.1) is 0 Å². The van der Waals surface area contributed by atoms with Crippen LogP contribution in [0.15, 0.2) is 11.8 Å². The molecule has 3 aliphatic rings. The van der Waals surface area contributed by atoms with Gasteiger partial charge in [-0.3, -0.25) is 4.79 Å². The summed E-state index contributed by atoms with van der Waals surface area (Å²) < 4.78 is 13.3. The van der Waals surface area contributed by atoms with Gasteiger partial charge < -0.3 is 9.16 Å². The number of hydrogen-bond acceptors (Lipinski definition) is 3. The quantitative estimate of drug-likeness (QED) is 0.298. The summed E-state index contributed by atoms with van der Waals surface area (Å²) in [6.07, 6.45) is 10.4. The highest BCUT2D eigenvalue weighted by atomic mass is 28.4. The van der Waals surface area contributed by atoms with Gasteiger partial charge in [-0.25, -0.2) is 0 Å². The van der Waals surface area contributed by atoms with Gasteiger partial charge in [0.2, 0.25) is 8.32 Å². The Balaban J connectivity index is 1.91. The summed E-state index contributed by atoms with van der Waals surface area (Å²) in [5.41, 5.74) is 0.377. The van der Waals surface area contributed by atoms with Crippen LogP contribution in [0.1, 0.15) is 86.5 Å². The Morgan fingerprint density at radius 1 is 0.938 bits per heavy atom. The molecule has 3 nitrogen and oxygen atoms in total. The van der Waals surface area contributed by atoms with E-state index < -0.39 is 16.4 Å². The van der Waals surface area contributed by atoms with E-state index >= 15 is 0 Å². The van der Waals surface area contributed by atoms with E-state index in [1.165, 1.54) is 32.1 Å². The molecule has 184 valence electrons. The first-order valence-corrected chi connectivity index (χ1v) is 19.1. The third-order valence-corrected chi connectivity index (χ3v) is 19.8. The summed E-state index contributed by atoms with van der Waals surface area (Å²) in [5, 5.41) is 0.434. The minimum Gasteiger partial charge on any atom is -0.546 e. The SMILES string of the molecule is CC(C)(C)[Si](C)(C)OC1=C[C@@H](C2CCCCC2)C([C@H]2O[C@@H]2[Si](C)(C)C(C)(C)C)CC(=O)C1. The molecule has 0 spiro atoms. The molecule has 1 saturated heterocycles. The second-order valence-electron chi connectivity index (χ2n) is 14.0. The molecule has 2 fully saturated rings. The fraction of sp³-hybridized carbons (Fsp3) is 0.889. The van der Waals surface area contributed by atoms with E-state index in [0.29, 0.717) is 47.1 Å². The number of carbonyl (C=O) groups excluding carboxylic acids is 1. The van der Waals surface area contributed by atoms with Crippen molar-refractivity contribution in [3.63, 3.8) is 0 Å². The molecule has 1 saturated carbocycles. The lowest BCUT2D eigenvalue weighted by atomic mass is 9.72. The van der Waals surface area contributed by atoms with Crippen molar-refractivity contribution in [3.8, 4) is 0 Å². The highest BCUT2D eigenvalue weighted by molar-refractivity contribution is 6.82. The molecule has 3 rings (SSSR count). The number of rotatable bonds is 5. The van der Waals surface area contributed by atoms with Crippen molar-refractivity contribution in [3.05, 3.63) is 11.8 Å². The van der Waals surface area contributed by atoms with Crippen molar-refractivity contribution < 1.29 is 14.0 Å². The number of carbonyl (C=O) groups is 1. The lowest BCUT2D eigenvalue weighted by molar-refractivity contribution is -0.120. The van der Waals surface area contributed by atoms with Crippen LogP contribution >= 0.6 is 0 Å². The summed E-state index contributed by atoms with van der Waals surface area (Å²) in [7, 11) is -3.56. The largest absolute Gasteiger partial charge is 0.546 e. The number of ketones is 1. The highest BCUT2D eigenvalue weighted by Crippen LogP contribution is 2.52. The summed E-state index contributed by atoms with van der Waals surface area (Å²) >= 11 is 0. The lowest BCUT2D eigenvalue weighted by Gasteiger charge is -2.38. The monoisotopic (exact) mass is 478 g/mol. The van der Waals surface area contributed by atoms with E-state index in [0.717, 1.165) is 5.76 Å². The van der Waals surface area contributed by atoms with Crippen LogP contribution in [-0.4, -0.2) is 34.0 Å². The molecule has 0 radical (unpaired) electrons. The predicted molar refractivity (Wildman–Crippen MR) is 140 cm³/mol. The fourth-order valence-electron chi connectivity index (χ4n) is 5.41. The zero-order chi connectivity index (χ0) is 24.1. The Morgan fingerprint density at radius 3 is 2.06 bits per heavy atom. The average molecular weight is 479 g/mol. The second-order valence-corrected chi connectivity index (χ2v) is 24.3. The van der Waals surface area contributed by atoms with E-state index in [2.05, 4.69) is 73.8 Å². The molecular weight excluding hydrogens is 428 g/mol. The van der Waals surface area contributed by atoms with Gasteiger partial charge in [-0.2, -0.15) is 0 Å². The van der Waals surface area contributed by atoms with Gasteiger partial charge in [0.15, 0.2) is 0 Å². The van der Waals surface area contributed by atoms with Gasteiger partial charge >= 0.3 is 0 Å². The summed E-state index contributed by atoms with van der Waals surface area (Å²) in [4.78, 5) is 13.2. The molecule has 32 heavy (non-hydrogen) atoms. The van der Waals surface area contributed by atoms with E-state index in [4.69, 9.17) is 9.16 Å². The molecule has 0 aromatic carbocycles. The molecule has 0 bridgehead atoms. The van der Waals surface area contributed by atoms with Crippen molar-refractivity contribution in [2.45, 2.75) is 135 Å². The van der Waals surface area contributed by atoms with Crippen molar-refractivity contribution in [1.82, 2.24) is 0 Å². The van der Waals surface area contributed by atoms with Crippen molar-refractivity contribution in [2.24, 2.45) is 17.8 Å². The maximum Gasteiger partial charge on any atom is 0.250 e. The van der Waals surface area contributed by atoms with Crippen LogP contribution in [0, 0.1) is 17.8 Å². The van der Waals surface area contributed by atoms with Gasteiger partial charge in [0.25, 0.3) is 0 Å². The Labute approximate surface area is 200 Å². The third kappa shape index (κ3) is 5.46. The van der Waals surface area contributed by atoms with Crippen molar-refractivity contribution >= 4 is 22.2 Å². The van der Waals surface area contributed by atoms with Crippen LogP contribution < -0.4 is 0 Å². The average Bonchev–Trinajstić information content (AvgIpc) is 3.44. The van der Waals surface area contributed by atoms with Gasteiger partial charge in [-0.1, -0.05) is 73.9 Å². The first kappa shape index (κ1) is 26.2. The topological polar surface area (TPSA) is 38.8 Å². The smallest absolute Gasteiger partial charge is 0.250 e. The standard InChI is InChI=1S/C27H50O3Si2/c1-26(2,3)31(7,8)25-24(29-25)23-17-20(28)16-21(30-32(9,10)27(4,5)6)18-22(23)19-14-12-11-13-15-19/h18-19,22-25H,11-17H2,1-10H3/t22-,23?,24+,25+/m0/s1. The Hall–Kier alpha value is -0.396. The minimum absolute atomic E-state index is 0.135. The van der Waals surface area contributed by atoms with Crippen molar-refractivity contribution in [1.29, 1.82) is 0 Å². The first-order chi connectivity index (χ1) is 14.5. The van der Waals surface area contributed by atoms with Crippen LogP contribution in [0.5, 0.6) is 0 Å². The Bertz CT molecular complexity index is 720. The zero-order valence-corrected chi connectivity index (χ0v) is 24.6. The Morgan fingerprint density at radius 2 is 1.53 bits per heavy atom. The summed E-state index contributed by atoms with van der Waals surface area (Å²) in [6, 6.07) is 0. The summed E-state index contributed by atoms with van der Waals surface area (Å²) in [5.74, 6) is 2.74. The van der Waals surface area contributed by atoms with Gasteiger partial charge in [0.05, 0.1) is 32.1 Å². The van der Waals surface area contributed by atoms with Crippen LogP contribution in [-0.2, 0) is 14.0 Å². The van der Waals surface area contributed by atoms with Gasteiger partial charge in [0, 0.05) is 12.3 Å². The van der Waals surface area contributed by atoms with Crippen molar-refractivity contribution in [2.75, 3.05) is 0 Å². The number of hydrogen-bond donors (Lipinski definition) is 0. The number of ether oxygens (including phenoxy) is 1. The molecule has 1 unspecified atom stereocenters. The van der Waals surface area contributed by atoms with E-state index in [1.807, 2.05) is 0 Å². The highest BCUT2D eigenvalue weighted by Gasteiger charge is 2.60. The molecule has 1 aliphatic heterocycles. The molecule has 0 aromatic heterocycles. The normalized spacial score (nSPS) is 31.2. The predicted octanol–water partition coefficient (Wildman–Crippen LogP) is 7.88. The lowest BCUT2D eigenvalue weighted by Crippen LogP contribution is -2.45. The molecule has 2 aliphatic carbocycles. The maximum atomic E-state index is 13.2. The number of epoxide rings is 1. The zero-order valence-electron chi connectivity index (χ0n) is 22.6. The number of Topliss-reactive ketones (excluding diaryl/α,β-unsaturated/α-hetero) is 1. The second kappa shape index (κ2) is 9.00. The molecule has 4 atom stereocenters. The van der Waals surface area contributed by atoms with E-state index in [9.17, 15) is 4.79 Å². The molecule has 5 heteroatoms. The van der Waals surface area contributed by atoms with Crippen LogP contribution in [0.3, 0.4) is 0 Å². The van der Waals surface area contributed by atoms with E-state index in [-0.39, 0.29) is 11.1 Å². The molecule has 0 N–H and O–H groups in total. The number of allylic oxidation sites excluding steroid dienone is 2. The third-order valence-electron chi connectivity index (χ3n) is 9.69. The molecule has 0 aromatic rings. The van der Waals surface area contributed by atoms with E-state index in [1.54, 1.807) is 0 Å². The first-order valence-electron chi connectivity index (χ1n) is 13.1.